The number of fused-ring (bicyclic) bond motifs is 4. The van der Waals surface area contributed by atoms with E-state index in [0.717, 1.165) is 0 Å². The summed E-state index contributed by atoms with van der Waals surface area (Å²) in [6, 6.07) is 61.7. The first-order valence-electron chi connectivity index (χ1n) is 21.4. The minimum absolute atomic E-state index is 0.304. The van der Waals surface area contributed by atoms with Gasteiger partial charge in [-0.15, -0.1) is 0 Å². The molecule has 4 heterocycles. The monoisotopic (exact) mass is 723 g/mol. The van der Waals surface area contributed by atoms with E-state index in [0.29, 0.717) is 84.0 Å². The zero-order chi connectivity index (χ0) is 36.0. The summed E-state index contributed by atoms with van der Waals surface area (Å²) in [6.45, 7) is 0. The van der Waals surface area contributed by atoms with Crippen LogP contribution in [0.2, 0.25) is 0 Å². The van der Waals surface area contributed by atoms with E-state index in [1.807, 2.05) is 0 Å². The molecular weight excluding hydrogens is 671 g/mol. The van der Waals surface area contributed by atoms with Crippen molar-refractivity contribution in [3.8, 4) is 0 Å². The molecule has 278 valence electrons. The van der Waals surface area contributed by atoms with Gasteiger partial charge in [-0.1, -0.05) is 152 Å². The molecule has 0 bridgehead atoms. The lowest BCUT2D eigenvalue weighted by Crippen LogP contribution is -2.83. The summed E-state index contributed by atoms with van der Waals surface area (Å²) in [4.78, 5) is 3.26. The summed E-state index contributed by atoms with van der Waals surface area (Å²) in [5.41, 5.74) is 16.2. The van der Waals surface area contributed by atoms with E-state index in [9.17, 15) is 0 Å². The van der Waals surface area contributed by atoms with Crippen molar-refractivity contribution in [1.29, 1.82) is 0 Å². The fraction of sp³-hybridized carbons (Fsp3) is 0.400. The summed E-state index contributed by atoms with van der Waals surface area (Å²) >= 11 is 0. The average Bonchev–Trinajstić information content (AvgIpc) is 3.87. The lowest BCUT2D eigenvalue weighted by molar-refractivity contribution is -0.200. The van der Waals surface area contributed by atoms with Gasteiger partial charge in [-0.25, -0.2) is 20.9 Å². The molecule has 5 aromatic rings. The van der Waals surface area contributed by atoms with Crippen molar-refractivity contribution < 1.29 is 0 Å². The molecular formula is C50H53N5. The van der Waals surface area contributed by atoms with Gasteiger partial charge in [0.25, 0.3) is 0 Å². The maximum absolute atomic E-state index is 4.39. The van der Waals surface area contributed by atoms with E-state index in [4.69, 9.17) is 0 Å². The van der Waals surface area contributed by atoms with Crippen LogP contribution in [-0.4, -0.2) is 57.2 Å². The van der Waals surface area contributed by atoms with Gasteiger partial charge >= 0.3 is 0 Å². The Morgan fingerprint density at radius 3 is 1.13 bits per heavy atom. The van der Waals surface area contributed by atoms with E-state index >= 15 is 0 Å². The highest BCUT2D eigenvalue weighted by Gasteiger charge is 2.69. The molecule has 4 aliphatic heterocycles. The summed E-state index contributed by atoms with van der Waals surface area (Å²) in [6.07, 6.45) is 7.44. The van der Waals surface area contributed by atoms with E-state index < -0.39 is 0 Å². The average molecular weight is 724 g/mol. The Labute approximate surface area is 326 Å². The molecule has 5 heteroatoms. The lowest BCUT2D eigenvalue weighted by Gasteiger charge is -2.68. The smallest absolute Gasteiger partial charge is 0.0515 e. The van der Waals surface area contributed by atoms with Gasteiger partial charge in [0.2, 0.25) is 0 Å². The van der Waals surface area contributed by atoms with Crippen molar-refractivity contribution in [2.75, 3.05) is 0 Å². The van der Waals surface area contributed by atoms with Gasteiger partial charge in [-0.3, -0.25) is 4.90 Å². The Morgan fingerprint density at radius 1 is 0.364 bits per heavy atom. The maximum Gasteiger partial charge on any atom is 0.0515 e. The van der Waals surface area contributed by atoms with Crippen molar-refractivity contribution in [3.63, 3.8) is 0 Å². The highest BCUT2D eigenvalue weighted by atomic mass is 15.7. The van der Waals surface area contributed by atoms with Crippen molar-refractivity contribution in [1.82, 2.24) is 25.8 Å². The van der Waals surface area contributed by atoms with Gasteiger partial charge in [0.15, 0.2) is 0 Å². The number of piperazine rings is 2. The summed E-state index contributed by atoms with van der Waals surface area (Å²) in [7, 11) is 0. The van der Waals surface area contributed by atoms with Crippen molar-refractivity contribution in [3.05, 3.63) is 179 Å². The third kappa shape index (κ3) is 5.10. The SMILES string of the molecule is c1ccc(C2CC3C4C(C2)N2NC(c5ccccc5)C5C(c6ccccc6)CCC(C52)N4C2CCC(c4ccccc4)C4C(c5ccccc5)NN3C42)cc1. The molecule has 3 aliphatic carbocycles. The van der Waals surface area contributed by atoms with Gasteiger partial charge in [-0.05, 0) is 84.1 Å². The van der Waals surface area contributed by atoms with E-state index in [-0.39, 0.29) is 0 Å². The Hall–Kier alpha value is -4.10. The second kappa shape index (κ2) is 13.2. The molecule has 55 heavy (non-hydrogen) atoms. The molecule has 5 aromatic carbocycles. The van der Waals surface area contributed by atoms with Crippen LogP contribution in [0.1, 0.15) is 96.2 Å². The molecule has 12 atom stereocenters. The number of hydrazine groups is 2. The molecule has 2 N–H and O–H groups in total. The quantitative estimate of drug-likeness (QED) is 0.189. The highest BCUT2D eigenvalue weighted by molar-refractivity contribution is 5.36. The normalized spacial score (nSPS) is 39.2. The van der Waals surface area contributed by atoms with E-state index in [1.54, 1.807) is 0 Å². The lowest BCUT2D eigenvalue weighted by atomic mass is 9.60. The van der Waals surface area contributed by atoms with Crippen LogP contribution in [0.15, 0.2) is 152 Å². The largest absolute Gasteiger partial charge is 0.288 e. The standard InChI is InChI=1S/C50H53N5/c1-6-16-32(17-7-1)37-30-42-48-43(31-37)55-50-41(29-27-39(34-20-10-3-11-21-34)45(50)47(52-55)36-24-14-5-15-25-36)53(48)40-28-26-38(33-18-8-2-9-19-33)44-46(51-54(42)49(40)44)35-22-12-4-13-23-35/h1-25,37-52H,26-31H2. The summed E-state index contributed by atoms with van der Waals surface area (Å²) in [5, 5.41) is 5.81. The number of hydrogen-bond donors (Lipinski definition) is 2. The molecule has 4 saturated heterocycles. The number of hydrogen-bond acceptors (Lipinski definition) is 5. The minimum Gasteiger partial charge on any atom is -0.288 e. The van der Waals surface area contributed by atoms with Crippen LogP contribution >= 0.6 is 0 Å². The molecule has 12 rings (SSSR count). The second-order valence-electron chi connectivity index (χ2n) is 18.0. The zero-order valence-corrected chi connectivity index (χ0v) is 31.6. The van der Waals surface area contributed by atoms with E-state index in [2.05, 4.69) is 177 Å². The first kappa shape index (κ1) is 33.1. The topological polar surface area (TPSA) is 33.8 Å². The van der Waals surface area contributed by atoms with E-state index in [1.165, 1.54) is 66.3 Å². The van der Waals surface area contributed by atoms with Gasteiger partial charge < -0.3 is 0 Å². The summed E-state index contributed by atoms with van der Waals surface area (Å²) in [5.74, 6) is 2.59. The maximum atomic E-state index is 4.39. The van der Waals surface area contributed by atoms with Crippen LogP contribution in [0.3, 0.4) is 0 Å². The third-order valence-electron chi connectivity index (χ3n) is 15.8. The number of nitrogens with one attached hydrogen (secondary N) is 2. The number of benzene rings is 5. The number of nitrogens with zero attached hydrogens (tertiary/aromatic N) is 3. The zero-order valence-electron chi connectivity index (χ0n) is 31.6. The molecule has 7 fully saturated rings. The van der Waals surface area contributed by atoms with Crippen LogP contribution in [0.4, 0.5) is 0 Å². The van der Waals surface area contributed by atoms with Gasteiger partial charge in [-0.2, -0.15) is 0 Å². The summed E-state index contributed by atoms with van der Waals surface area (Å²) < 4.78 is 0. The van der Waals surface area contributed by atoms with Gasteiger partial charge in [0.1, 0.15) is 0 Å². The predicted octanol–water partition coefficient (Wildman–Crippen LogP) is 8.98. The number of rotatable bonds is 5. The van der Waals surface area contributed by atoms with Crippen molar-refractivity contribution >= 4 is 0 Å². The Bertz CT molecular complexity index is 1970. The Kier molecular flexibility index (Phi) is 7.97. The first-order chi connectivity index (χ1) is 27.3. The third-order valence-corrected chi connectivity index (χ3v) is 15.8. The second-order valence-corrected chi connectivity index (χ2v) is 18.0. The van der Waals surface area contributed by atoms with Crippen molar-refractivity contribution in [2.45, 2.75) is 111 Å². The molecule has 0 radical (unpaired) electrons. The molecule has 0 aromatic heterocycles. The molecule has 7 aliphatic rings. The fourth-order valence-electron chi connectivity index (χ4n) is 13.9. The van der Waals surface area contributed by atoms with Gasteiger partial charge in [0.05, 0.1) is 12.1 Å². The molecule has 5 nitrogen and oxygen atoms in total. The van der Waals surface area contributed by atoms with Crippen LogP contribution in [0, 0.1) is 11.8 Å². The van der Waals surface area contributed by atoms with Crippen LogP contribution < -0.4 is 10.9 Å². The predicted molar refractivity (Wildman–Crippen MR) is 219 cm³/mol. The van der Waals surface area contributed by atoms with Crippen LogP contribution in [-0.2, 0) is 0 Å². The van der Waals surface area contributed by atoms with Gasteiger partial charge in [0, 0.05) is 54.1 Å². The molecule has 0 amide bonds. The molecule has 0 spiro atoms. The minimum atomic E-state index is 0.304. The van der Waals surface area contributed by atoms with Crippen molar-refractivity contribution in [2.24, 2.45) is 11.8 Å². The molecule has 3 saturated carbocycles. The Morgan fingerprint density at radius 2 is 0.727 bits per heavy atom. The highest BCUT2D eigenvalue weighted by Crippen LogP contribution is 2.61. The Balaban J connectivity index is 1.02. The fourth-order valence-corrected chi connectivity index (χ4v) is 13.9. The van der Waals surface area contributed by atoms with Crippen LogP contribution in [0.25, 0.3) is 0 Å². The first-order valence-corrected chi connectivity index (χ1v) is 21.4. The molecule has 12 unspecified atom stereocenters. The van der Waals surface area contributed by atoms with Crippen LogP contribution in [0.5, 0.6) is 0 Å².